The van der Waals surface area contributed by atoms with Gasteiger partial charge in [-0.15, -0.1) is 0 Å². The third-order valence-electron chi connectivity index (χ3n) is 3.38. The molecule has 0 bridgehead atoms. The summed E-state index contributed by atoms with van der Waals surface area (Å²) < 4.78 is 5.69. The number of nitrogens with one attached hydrogen (secondary N) is 1. The van der Waals surface area contributed by atoms with Crippen LogP contribution in [0.3, 0.4) is 0 Å². The van der Waals surface area contributed by atoms with E-state index >= 15 is 0 Å². The van der Waals surface area contributed by atoms with E-state index in [1.54, 1.807) is 0 Å². The van der Waals surface area contributed by atoms with Gasteiger partial charge in [-0.1, -0.05) is 19.1 Å². The summed E-state index contributed by atoms with van der Waals surface area (Å²) >= 11 is 1.88. The maximum Gasteiger partial charge on any atom is 0.161 e. The molecule has 1 aliphatic heterocycles. The molecule has 0 saturated carbocycles. The number of thioether (sulfide) groups is 1. The van der Waals surface area contributed by atoms with Crippen molar-refractivity contribution in [2.45, 2.75) is 24.9 Å². The highest BCUT2D eigenvalue weighted by atomic mass is 32.2. The second kappa shape index (κ2) is 6.35. The number of anilines is 1. The Bertz CT molecular complexity index is 645. The number of ether oxygens (including phenoxy) is 1. The molecule has 110 valence electrons. The van der Waals surface area contributed by atoms with Crippen LogP contribution in [0.2, 0.25) is 0 Å². The predicted molar refractivity (Wildman–Crippen MR) is 87.8 cm³/mol. The Morgan fingerprint density at radius 2 is 2.19 bits per heavy atom. The van der Waals surface area contributed by atoms with Crippen LogP contribution >= 0.6 is 11.8 Å². The molecule has 4 nitrogen and oxygen atoms in total. The Labute approximate surface area is 129 Å². The zero-order chi connectivity index (χ0) is 14.7. The van der Waals surface area contributed by atoms with E-state index in [1.807, 2.05) is 43.1 Å². The Morgan fingerprint density at radius 1 is 1.29 bits per heavy atom. The average molecular weight is 301 g/mol. The van der Waals surface area contributed by atoms with E-state index in [2.05, 4.69) is 17.2 Å². The van der Waals surface area contributed by atoms with Crippen molar-refractivity contribution in [3.05, 3.63) is 35.5 Å². The third kappa shape index (κ3) is 2.97. The molecule has 0 unspecified atom stereocenters. The Kier molecular flexibility index (Phi) is 4.29. The van der Waals surface area contributed by atoms with E-state index in [-0.39, 0.29) is 0 Å². The third-order valence-corrected chi connectivity index (χ3v) is 4.35. The van der Waals surface area contributed by atoms with E-state index in [9.17, 15) is 0 Å². The van der Waals surface area contributed by atoms with Gasteiger partial charge in [-0.2, -0.15) is 11.8 Å². The molecule has 0 atom stereocenters. The number of hydrogen-bond donors (Lipinski definition) is 1. The van der Waals surface area contributed by atoms with Gasteiger partial charge in [0, 0.05) is 29.7 Å². The number of nitrogens with zero attached hydrogens (tertiary/aromatic N) is 2. The van der Waals surface area contributed by atoms with E-state index in [1.165, 1.54) is 5.56 Å². The largest absolute Gasteiger partial charge is 0.494 e. The van der Waals surface area contributed by atoms with E-state index in [0.29, 0.717) is 0 Å². The van der Waals surface area contributed by atoms with Crippen molar-refractivity contribution in [3.8, 4) is 17.1 Å². The van der Waals surface area contributed by atoms with Crippen molar-refractivity contribution in [1.29, 1.82) is 0 Å². The van der Waals surface area contributed by atoms with Crippen LogP contribution in [0, 0.1) is 0 Å². The molecule has 0 aliphatic carbocycles. The number of aromatic nitrogens is 2. The minimum absolute atomic E-state index is 0.729. The number of benzene rings is 1. The lowest BCUT2D eigenvalue weighted by Gasteiger charge is -2.10. The first-order valence-corrected chi connectivity index (χ1v) is 8.35. The lowest BCUT2D eigenvalue weighted by Crippen LogP contribution is -2.03. The van der Waals surface area contributed by atoms with Crippen LogP contribution in [0.5, 0.6) is 5.75 Å². The summed E-state index contributed by atoms with van der Waals surface area (Å²) in [4.78, 5) is 9.39. The molecular formula is C16H19N3OS. The van der Waals surface area contributed by atoms with Gasteiger partial charge in [-0.3, -0.25) is 0 Å². The summed E-state index contributed by atoms with van der Waals surface area (Å²) in [5.41, 5.74) is 3.39. The normalized spacial score (nSPS) is 13.0. The molecule has 2 heterocycles. The molecule has 5 heteroatoms. The quantitative estimate of drug-likeness (QED) is 0.912. The van der Waals surface area contributed by atoms with Crippen LogP contribution in [0.25, 0.3) is 11.4 Å². The lowest BCUT2D eigenvalue weighted by molar-refractivity contribution is 0.317. The molecular weight excluding hydrogens is 282 g/mol. The molecule has 0 fully saturated rings. The van der Waals surface area contributed by atoms with Crippen LogP contribution in [-0.4, -0.2) is 23.6 Å². The molecule has 0 saturated heterocycles. The molecule has 1 aliphatic rings. The fourth-order valence-corrected chi connectivity index (χ4v) is 3.37. The SMILES string of the molecule is CCCOc1cccc(-c2nc3c(c(NC)n2)CSC3)c1. The Morgan fingerprint density at radius 3 is 3.00 bits per heavy atom. The molecule has 1 aromatic heterocycles. The summed E-state index contributed by atoms with van der Waals surface area (Å²) in [7, 11) is 1.91. The van der Waals surface area contributed by atoms with Gasteiger partial charge in [-0.05, 0) is 18.6 Å². The molecule has 2 aromatic rings. The molecule has 0 amide bonds. The van der Waals surface area contributed by atoms with Crippen molar-refractivity contribution < 1.29 is 4.74 Å². The Balaban J connectivity index is 1.97. The predicted octanol–water partition coefficient (Wildman–Crippen LogP) is 3.72. The molecule has 0 radical (unpaired) electrons. The van der Waals surface area contributed by atoms with Crippen molar-refractivity contribution in [1.82, 2.24) is 9.97 Å². The van der Waals surface area contributed by atoms with Crippen LogP contribution in [0.4, 0.5) is 5.82 Å². The second-order valence-electron chi connectivity index (χ2n) is 4.94. The standard InChI is InChI=1S/C16H19N3OS/c1-3-7-20-12-6-4-5-11(8-12)15-18-14-10-21-9-13(14)16(17-2)19-15/h4-6,8H,3,7,9-10H2,1-2H3,(H,17,18,19). The first-order valence-electron chi connectivity index (χ1n) is 7.20. The van der Waals surface area contributed by atoms with Gasteiger partial charge in [0.2, 0.25) is 0 Å². The smallest absolute Gasteiger partial charge is 0.161 e. The fraction of sp³-hybridized carbons (Fsp3) is 0.375. The first kappa shape index (κ1) is 14.2. The molecule has 0 spiro atoms. The van der Waals surface area contributed by atoms with Crippen LogP contribution in [-0.2, 0) is 11.5 Å². The van der Waals surface area contributed by atoms with Gasteiger partial charge in [0.05, 0.1) is 12.3 Å². The van der Waals surface area contributed by atoms with Crippen molar-refractivity contribution in [3.63, 3.8) is 0 Å². The van der Waals surface area contributed by atoms with Crippen molar-refractivity contribution in [2.24, 2.45) is 0 Å². The zero-order valence-electron chi connectivity index (χ0n) is 12.3. The van der Waals surface area contributed by atoms with E-state index in [0.717, 1.165) is 53.2 Å². The second-order valence-corrected chi connectivity index (χ2v) is 5.93. The highest BCUT2D eigenvalue weighted by Crippen LogP contribution is 2.34. The Hall–Kier alpha value is -1.75. The van der Waals surface area contributed by atoms with Gasteiger partial charge < -0.3 is 10.1 Å². The minimum Gasteiger partial charge on any atom is -0.494 e. The van der Waals surface area contributed by atoms with Gasteiger partial charge in [0.1, 0.15) is 11.6 Å². The average Bonchev–Trinajstić information content (AvgIpc) is 3.00. The fourth-order valence-electron chi connectivity index (χ4n) is 2.33. The molecule has 1 N–H and O–H groups in total. The summed E-state index contributed by atoms with van der Waals surface area (Å²) in [5.74, 6) is 4.54. The molecule has 3 rings (SSSR count). The van der Waals surface area contributed by atoms with E-state index < -0.39 is 0 Å². The summed E-state index contributed by atoms with van der Waals surface area (Å²) in [5, 5.41) is 3.19. The van der Waals surface area contributed by atoms with E-state index in [4.69, 9.17) is 9.72 Å². The number of fused-ring (bicyclic) bond motifs is 1. The van der Waals surface area contributed by atoms with Gasteiger partial charge in [0.25, 0.3) is 0 Å². The maximum absolute atomic E-state index is 5.69. The van der Waals surface area contributed by atoms with Gasteiger partial charge in [0.15, 0.2) is 5.82 Å². The highest BCUT2D eigenvalue weighted by molar-refractivity contribution is 7.98. The molecule has 21 heavy (non-hydrogen) atoms. The van der Waals surface area contributed by atoms with Crippen LogP contribution < -0.4 is 10.1 Å². The van der Waals surface area contributed by atoms with Gasteiger partial charge >= 0.3 is 0 Å². The summed E-state index contributed by atoms with van der Waals surface area (Å²) in [6, 6.07) is 8.01. The summed E-state index contributed by atoms with van der Waals surface area (Å²) in [6.07, 6.45) is 1.00. The number of rotatable bonds is 5. The van der Waals surface area contributed by atoms with Crippen molar-refractivity contribution in [2.75, 3.05) is 19.0 Å². The summed E-state index contributed by atoms with van der Waals surface area (Å²) in [6.45, 7) is 2.83. The maximum atomic E-state index is 5.69. The zero-order valence-corrected chi connectivity index (χ0v) is 13.2. The minimum atomic E-state index is 0.729. The number of hydrogen-bond acceptors (Lipinski definition) is 5. The molecule has 1 aromatic carbocycles. The van der Waals surface area contributed by atoms with Crippen LogP contribution in [0.15, 0.2) is 24.3 Å². The monoisotopic (exact) mass is 301 g/mol. The van der Waals surface area contributed by atoms with Crippen molar-refractivity contribution >= 4 is 17.6 Å². The highest BCUT2D eigenvalue weighted by Gasteiger charge is 2.19. The van der Waals surface area contributed by atoms with Crippen LogP contribution in [0.1, 0.15) is 24.6 Å². The first-order chi connectivity index (χ1) is 10.3. The lowest BCUT2D eigenvalue weighted by atomic mass is 10.1. The van der Waals surface area contributed by atoms with Gasteiger partial charge in [-0.25, -0.2) is 9.97 Å². The topological polar surface area (TPSA) is 47.0 Å².